The van der Waals surface area contributed by atoms with E-state index in [9.17, 15) is 0 Å². The summed E-state index contributed by atoms with van der Waals surface area (Å²) in [6.45, 7) is 7.04. The maximum Gasteiger partial charge on any atom is 0.243 e. The number of rotatable bonds is 4. The molecule has 0 spiro atoms. The van der Waals surface area contributed by atoms with Crippen molar-refractivity contribution in [3.8, 4) is 0 Å². The number of hydrogen-bond acceptors (Lipinski definition) is 5. The normalized spacial score (nSPS) is 23.9. The van der Waals surface area contributed by atoms with Crippen molar-refractivity contribution >= 4 is 5.95 Å². The van der Waals surface area contributed by atoms with Gasteiger partial charge in [0.1, 0.15) is 0 Å². The summed E-state index contributed by atoms with van der Waals surface area (Å²) in [7, 11) is 0. The van der Waals surface area contributed by atoms with Crippen LogP contribution in [-0.4, -0.2) is 33.9 Å². The zero-order chi connectivity index (χ0) is 12.3. The fraction of sp³-hybridized carbons (Fsp3) is 0.750. The van der Waals surface area contributed by atoms with Gasteiger partial charge >= 0.3 is 0 Å². The standard InChI is InChI=1S/C12H20N4O/c1-4-9-10(5-2)15-16-12(13-9)14-11-6-7-17-8(11)3/h8,11H,4-7H2,1-3H3,(H,13,14,16). The Morgan fingerprint density at radius 2 is 2.00 bits per heavy atom. The van der Waals surface area contributed by atoms with Crippen molar-refractivity contribution in [2.24, 2.45) is 0 Å². The molecule has 1 aromatic heterocycles. The molecule has 2 rings (SSSR count). The molecule has 1 saturated heterocycles. The van der Waals surface area contributed by atoms with Crippen LogP contribution in [0.2, 0.25) is 0 Å². The van der Waals surface area contributed by atoms with E-state index in [4.69, 9.17) is 4.74 Å². The van der Waals surface area contributed by atoms with E-state index in [-0.39, 0.29) is 6.10 Å². The van der Waals surface area contributed by atoms with Crippen molar-refractivity contribution in [2.45, 2.75) is 52.2 Å². The van der Waals surface area contributed by atoms with Crippen LogP contribution in [0.1, 0.15) is 38.6 Å². The summed E-state index contributed by atoms with van der Waals surface area (Å²) in [4.78, 5) is 4.52. The Morgan fingerprint density at radius 1 is 1.24 bits per heavy atom. The van der Waals surface area contributed by atoms with Gasteiger partial charge in [-0.25, -0.2) is 4.98 Å². The average molecular weight is 236 g/mol. The van der Waals surface area contributed by atoms with E-state index in [1.165, 1.54) is 0 Å². The molecule has 0 bridgehead atoms. The SMILES string of the molecule is CCc1nnc(NC2CCOC2C)nc1CC. The molecule has 0 radical (unpaired) electrons. The molecule has 1 fully saturated rings. The molecule has 2 unspecified atom stereocenters. The molecule has 1 aromatic rings. The van der Waals surface area contributed by atoms with Crippen LogP contribution >= 0.6 is 0 Å². The lowest BCUT2D eigenvalue weighted by atomic mass is 10.2. The van der Waals surface area contributed by atoms with Gasteiger partial charge in [-0.2, -0.15) is 5.10 Å². The van der Waals surface area contributed by atoms with Crippen LogP contribution in [0.25, 0.3) is 0 Å². The van der Waals surface area contributed by atoms with Gasteiger partial charge in [0.05, 0.1) is 23.5 Å². The van der Waals surface area contributed by atoms with Crippen molar-refractivity contribution in [2.75, 3.05) is 11.9 Å². The summed E-state index contributed by atoms with van der Waals surface area (Å²) in [5.41, 5.74) is 2.03. The van der Waals surface area contributed by atoms with Gasteiger partial charge < -0.3 is 10.1 Å². The Balaban J connectivity index is 2.10. The molecule has 94 valence electrons. The lowest BCUT2D eigenvalue weighted by Gasteiger charge is -2.16. The zero-order valence-electron chi connectivity index (χ0n) is 10.7. The predicted octanol–water partition coefficient (Wildman–Crippen LogP) is 1.59. The first kappa shape index (κ1) is 12.2. The molecule has 0 aromatic carbocycles. The first-order valence-electron chi connectivity index (χ1n) is 6.35. The molecule has 2 atom stereocenters. The van der Waals surface area contributed by atoms with E-state index >= 15 is 0 Å². The third kappa shape index (κ3) is 2.72. The zero-order valence-corrected chi connectivity index (χ0v) is 10.7. The van der Waals surface area contributed by atoms with Gasteiger partial charge in [0.25, 0.3) is 0 Å². The quantitative estimate of drug-likeness (QED) is 0.860. The Kier molecular flexibility index (Phi) is 3.89. The van der Waals surface area contributed by atoms with Gasteiger partial charge in [-0.1, -0.05) is 13.8 Å². The van der Waals surface area contributed by atoms with Gasteiger partial charge in [-0.15, -0.1) is 5.10 Å². The highest BCUT2D eigenvalue weighted by molar-refractivity contribution is 5.28. The number of nitrogens with zero attached hydrogens (tertiary/aromatic N) is 3. The topological polar surface area (TPSA) is 59.9 Å². The monoisotopic (exact) mass is 236 g/mol. The Bertz CT molecular complexity index is 383. The Hall–Kier alpha value is -1.23. The summed E-state index contributed by atoms with van der Waals surface area (Å²) in [6, 6.07) is 0.300. The second-order valence-corrected chi connectivity index (χ2v) is 4.35. The summed E-state index contributed by atoms with van der Waals surface area (Å²) in [5.74, 6) is 0.626. The third-order valence-corrected chi connectivity index (χ3v) is 3.20. The van der Waals surface area contributed by atoms with Gasteiger partial charge in [-0.05, 0) is 26.2 Å². The van der Waals surface area contributed by atoms with E-state index < -0.39 is 0 Å². The number of aromatic nitrogens is 3. The summed E-state index contributed by atoms with van der Waals surface area (Å²) in [5, 5.41) is 11.7. The molecule has 17 heavy (non-hydrogen) atoms. The largest absolute Gasteiger partial charge is 0.376 e. The summed E-state index contributed by atoms with van der Waals surface area (Å²) < 4.78 is 5.50. The second-order valence-electron chi connectivity index (χ2n) is 4.35. The molecule has 5 nitrogen and oxygen atoms in total. The van der Waals surface area contributed by atoms with Crippen LogP contribution in [-0.2, 0) is 17.6 Å². The lowest BCUT2D eigenvalue weighted by molar-refractivity contribution is 0.121. The number of aryl methyl sites for hydroxylation is 2. The van der Waals surface area contributed by atoms with Crippen molar-refractivity contribution in [1.82, 2.24) is 15.2 Å². The molecule has 1 N–H and O–H groups in total. The molecule has 5 heteroatoms. The van der Waals surface area contributed by atoms with Crippen molar-refractivity contribution in [3.05, 3.63) is 11.4 Å². The fourth-order valence-electron chi connectivity index (χ4n) is 2.09. The summed E-state index contributed by atoms with van der Waals surface area (Å²) >= 11 is 0. The second kappa shape index (κ2) is 5.40. The summed E-state index contributed by atoms with van der Waals surface area (Å²) in [6.07, 6.45) is 2.99. The number of ether oxygens (including phenoxy) is 1. The van der Waals surface area contributed by atoms with Crippen LogP contribution in [0.5, 0.6) is 0 Å². The Labute approximate surface area is 102 Å². The molecular formula is C12H20N4O. The molecule has 1 aliphatic heterocycles. The van der Waals surface area contributed by atoms with E-state index in [2.05, 4.69) is 41.3 Å². The van der Waals surface area contributed by atoms with E-state index in [0.29, 0.717) is 12.0 Å². The van der Waals surface area contributed by atoms with Crippen LogP contribution in [0.3, 0.4) is 0 Å². The fourth-order valence-corrected chi connectivity index (χ4v) is 2.09. The number of hydrogen-bond donors (Lipinski definition) is 1. The van der Waals surface area contributed by atoms with Crippen LogP contribution < -0.4 is 5.32 Å². The van der Waals surface area contributed by atoms with Crippen LogP contribution in [0.4, 0.5) is 5.95 Å². The highest BCUT2D eigenvalue weighted by atomic mass is 16.5. The van der Waals surface area contributed by atoms with Crippen molar-refractivity contribution < 1.29 is 4.74 Å². The Morgan fingerprint density at radius 3 is 2.59 bits per heavy atom. The lowest BCUT2D eigenvalue weighted by Crippen LogP contribution is -2.28. The highest BCUT2D eigenvalue weighted by Gasteiger charge is 2.24. The van der Waals surface area contributed by atoms with Gasteiger partial charge in [0.15, 0.2) is 0 Å². The van der Waals surface area contributed by atoms with Crippen LogP contribution in [0, 0.1) is 0 Å². The predicted molar refractivity (Wildman–Crippen MR) is 66.0 cm³/mol. The smallest absolute Gasteiger partial charge is 0.243 e. The first-order valence-corrected chi connectivity index (χ1v) is 6.35. The van der Waals surface area contributed by atoms with Crippen LogP contribution in [0.15, 0.2) is 0 Å². The van der Waals surface area contributed by atoms with E-state index in [1.54, 1.807) is 0 Å². The molecule has 1 aliphatic rings. The van der Waals surface area contributed by atoms with E-state index in [1.807, 2.05) is 0 Å². The molecule has 0 aliphatic carbocycles. The average Bonchev–Trinajstić information content (AvgIpc) is 2.75. The number of nitrogens with one attached hydrogen (secondary N) is 1. The maximum atomic E-state index is 5.50. The van der Waals surface area contributed by atoms with Crippen molar-refractivity contribution in [1.29, 1.82) is 0 Å². The molecule has 0 amide bonds. The third-order valence-electron chi connectivity index (χ3n) is 3.20. The minimum Gasteiger partial charge on any atom is -0.376 e. The highest BCUT2D eigenvalue weighted by Crippen LogP contribution is 2.17. The molecule has 0 saturated carbocycles. The van der Waals surface area contributed by atoms with Gasteiger partial charge in [-0.3, -0.25) is 0 Å². The minimum atomic E-state index is 0.217. The van der Waals surface area contributed by atoms with Gasteiger partial charge in [0.2, 0.25) is 5.95 Å². The maximum absolute atomic E-state index is 5.50. The number of anilines is 1. The van der Waals surface area contributed by atoms with E-state index in [0.717, 1.165) is 37.3 Å². The van der Waals surface area contributed by atoms with Gasteiger partial charge in [0, 0.05) is 6.61 Å². The van der Waals surface area contributed by atoms with Crippen molar-refractivity contribution in [3.63, 3.8) is 0 Å². The first-order chi connectivity index (χ1) is 8.24. The minimum absolute atomic E-state index is 0.217. The molecule has 2 heterocycles. The molecular weight excluding hydrogens is 216 g/mol.